The van der Waals surface area contributed by atoms with Gasteiger partial charge in [-0.05, 0) is 37.0 Å². The minimum absolute atomic E-state index is 0.0289. The Kier molecular flexibility index (Phi) is 3.89. The van der Waals surface area contributed by atoms with Crippen LogP contribution in [-0.2, 0) is 10.8 Å². The first kappa shape index (κ1) is 13.8. The topological polar surface area (TPSA) is 72.2 Å². The monoisotopic (exact) mass is 292 g/mol. The van der Waals surface area contributed by atoms with E-state index in [2.05, 4.69) is 5.32 Å². The molecule has 0 bridgehead atoms. The first-order valence-corrected chi connectivity index (χ1v) is 8.63. The van der Waals surface area contributed by atoms with Gasteiger partial charge in [0.15, 0.2) is 0 Å². The summed E-state index contributed by atoms with van der Waals surface area (Å²) in [5.74, 6) is 1.78. The van der Waals surface area contributed by atoms with Crippen molar-refractivity contribution in [3.63, 3.8) is 0 Å². The van der Waals surface area contributed by atoms with E-state index in [1.807, 2.05) is 24.3 Å². The van der Waals surface area contributed by atoms with Crippen LogP contribution >= 0.6 is 0 Å². The van der Waals surface area contributed by atoms with Crippen molar-refractivity contribution >= 4 is 16.7 Å². The quantitative estimate of drug-likeness (QED) is 0.877. The molecule has 0 radical (unpaired) electrons. The maximum atomic E-state index is 12.3. The highest BCUT2D eigenvalue weighted by molar-refractivity contribution is 7.85. The summed E-state index contributed by atoms with van der Waals surface area (Å²) in [6.07, 6.45) is 2.64. The molecule has 1 saturated heterocycles. The molecule has 3 rings (SSSR count). The summed E-state index contributed by atoms with van der Waals surface area (Å²) in [6, 6.07) is 8.17. The molecule has 3 N–H and O–H groups in total. The van der Waals surface area contributed by atoms with Gasteiger partial charge in [0.25, 0.3) is 5.91 Å². The van der Waals surface area contributed by atoms with Crippen LogP contribution in [0.1, 0.15) is 41.1 Å². The lowest BCUT2D eigenvalue weighted by Crippen LogP contribution is -2.39. The summed E-state index contributed by atoms with van der Waals surface area (Å²) in [4.78, 5) is 12.3. The van der Waals surface area contributed by atoms with E-state index in [0.717, 1.165) is 24.8 Å². The second-order valence-corrected chi connectivity index (χ2v) is 7.42. The fourth-order valence-corrected chi connectivity index (χ4v) is 4.01. The van der Waals surface area contributed by atoms with Crippen molar-refractivity contribution < 1.29 is 9.00 Å². The number of hydrogen-bond donors (Lipinski definition) is 2. The summed E-state index contributed by atoms with van der Waals surface area (Å²) in [5, 5.41) is 3.05. The molecule has 1 aromatic rings. The van der Waals surface area contributed by atoms with E-state index >= 15 is 0 Å². The van der Waals surface area contributed by atoms with Gasteiger partial charge in [0.2, 0.25) is 0 Å². The second-order valence-electron chi connectivity index (χ2n) is 5.73. The zero-order valence-corrected chi connectivity index (χ0v) is 12.2. The highest BCUT2D eigenvalue weighted by Crippen LogP contribution is 2.39. The summed E-state index contributed by atoms with van der Waals surface area (Å²) in [6.45, 7) is 0. The minimum Gasteiger partial charge on any atom is -0.349 e. The molecule has 2 fully saturated rings. The van der Waals surface area contributed by atoms with Gasteiger partial charge in [0.05, 0.1) is 0 Å². The first-order valence-electron chi connectivity index (χ1n) is 7.15. The van der Waals surface area contributed by atoms with Crippen molar-refractivity contribution in [2.75, 3.05) is 11.5 Å². The molecule has 4 nitrogen and oxygen atoms in total. The standard InChI is InChI=1S/C15H20N2O2S/c16-14-9-13(14)10-2-1-3-11(8-10)15(18)17-12-4-6-20(19)7-5-12/h1-3,8,12-14H,4-7,9,16H2,(H,17,18). The molecular formula is C15H20N2O2S. The number of amides is 1. The highest BCUT2D eigenvalue weighted by Gasteiger charge is 2.35. The van der Waals surface area contributed by atoms with Crippen LogP contribution in [0.2, 0.25) is 0 Å². The maximum absolute atomic E-state index is 12.3. The third-order valence-corrected chi connectivity index (χ3v) is 5.52. The number of rotatable bonds is 3. The molecule has 5 heteroatoms. The fourth-order valence-electron chi connectivity index (χ4n) is 2.72. The van der Waals surface area contributed by atoms with Crippen molar-refractivity contribution in [1.82, 2.24) is 5.32 Å². The summed E-state index contributed by atoms with van der Waals surface area (Å²) < 4.78 is 11.3. The van der Waals surface area contributed by atoms with E-state index < -0.39 is 10.8 Å². The Morgan fingerprint density at radius 3 is 2.65 bits per heavy atom. The number of benzene rings is 1. The van der Waals surface area contributed by atoms with E-state index in [1.165, 1.54) is 0 Å². The third kappa shape index (κ3) is 3.10. The minimum atomic E-state index is -0.691. The molecule has 1 heterocycles. The lowest BCUT2D eigenvalue weighted by Gasteiger charge is -2.22. The average Bonchev–Trinajstić information content (AvgIpc) is 3.19. The Bertz CT molecular complexity index is 536. The van der Waals surface area contributed by atoms with Crippen LogP contribution in [-0.4, -0.2) is 33.7 Å². The molecule has 1 aliphatic heterocycles. The smallest absolute Gasteiger partial charge is 0.251 e. The van der Waals surface area contributed by atoms with Crippen molar-refractivity contribution in [2.45, 2.75) is 37.3 Å². The number of carbonyl (C=O) groups excluding carboxylic acids is 1. The van der Waals surface area contributed by atoms with E-state index in [0.29, 0.717) is 23.0 Å². The molecule has 1 amide bonds. The Labute approximate surface area is 121 Å². The van der Waals surface area contributed by atoms with Gasteiger partial charge in [-0.25, -0.2) is 0 Å². The average molecular weight is 292 g/mol. The van der Waals surface area contributed by atoms with Gasteiger partial charge in [-0.2, -0.15) is 0 Å². The SMILES string of the molecule is NC1CC1c1cccc(C(=O)NC2CCS(=O)CC2)c1. The number of nitrogens with two attached hydrogens (primary N) is 1. The number of nitrogens with one attached hydrogen (secondary N) is 1. The Morgan fingerprint density at radius 2 is 2.00 bits per heavy atom. The van der Waals surface area contributed by atoms with Crippen LogP contribution in [0.4, 0.5) is 0 Å². The van der Waals surface area contributed by atoms with Crippen LogP contribution in [0.25, 0.3) is 0 Å². The van der Waals surface area contributed by atoms with Gasteiger partial charge >= 0.3 is 0 Å². The summed E-state index contributed by atoms with van der Waals surface area (Å²) in [7, 11) is -0.691. The van der Waals surface area contributed by atoms with Crippen molar-refractivity contribution in [2.24, 2.45) is 5.73 Å². The fraction of sp³-hybridized carbons (Fsp3) is 0.533. The maximum Gasteiger partial charge on any atom is 0.251 e. The van der Waals surface area contributed by atoms with Gasteiger partial charge in [-0.1, -0.05) is 12.1 Å². The highest BCUT2D eigenvalue weighted by atomic mass is 32.2. The predicted molar refractivity (Wildman–Crippen MR) is 80.1 cm³/mol. The molecule has 1 aliphatic carbocycles. The van der Waals surface area contributed by atoms with Gasteiger partial charge in [0.1, 0.15) is 0 Å². The molecule has 2 atom stereocenters. The Balaban J connectivity index is 1.63. The lowest BCUT2D eigenvalue weighted by atomic mass is 10.1. The van der Waals surface area contributed by atoms with Crippen molar-refractivity contribution in [3.8, 4) is 0 Å². The Hall–Kier alpha value is -1.20. The molecule has 20 heavy (non-hydrogen) atoms. The normalized spacial score (nSPS) is 32.6. The molecule has 2 unspecified atom stereocenters. The molecule has 1 saturated carbocycles. The van der Waals surface area contributed by atoms with Crippen LogP contribution in [0.5, 0.6) is 0 Å². The van der Waals surface area contributed by atoms with E-state index in [1.54, 1.807) is 0 Å². The van der Waals surface area contributed by atoms with Crippen LogP contribution in [0, 0.1) is 0 Å². The van der Waals surface area contributed by atoms with Crippen LogP contribution in [0.15, 0.2) is 24.3 Å². The van der Waals surface area contributed by atoms with Gasteiger partial charge < -0.3 is 11.1 Å². The molecule has 0 aromatic heterocycles. The second kappa shape index (κ2) is 5.66. The molecule has 1 aromatic carbocycles. The van der Waals surface area contributed by atoms with Crippen molar-refractivity contribution in [1.29, 1.82) is 0 Å². The zero-order chi connectivity index (χ0) is 14.1. The molecule has 0 spiro atoms. The van der Waals surface area contributed by atoms with Crippen molar-refractivity contribution in [3.05, 3.63) is 35.4 Å². The first-order chi connectivity index (χ1) is 9.63. The predicted octanol–water partition coefficient (Wildman–Crippen LogP) is 1.14. The van der Waals surface area contributed by atoms with Crippen LogP contribution in [0.3, 0.4) is 0 Å². The molecular weight excluding hydrogens is 272 g/mol. The molecule has 2 aliphatic rings. The molecule has 108 valence electrons. The lowest BCUT2D eigenvalue weighted by molar-refractivity contribution is 0.0934. The van der Waals surface area contributed by atoms with Gasteiger partial charge in [0, 0.05) is 45.9 Å². The largest absolute Gasteiger partial charge is 0.349 e. The van der Waals surface area contributed by atoms with E-state index in [9.17, 15) is 9.00 Å². The van der Waals surface area contributed by atoms with E-state index in [-0.39, 0.29) is 18.0 Å². The summed E-state index contributed by atoms with van der Waals surface area (Å²) in [5.41, 5.74) is 7.72. The Morgan fingerprint density at radius 1 is 1.30 bits per heavy atom. The van der Waals surface area contributed by atoms with E-state index in [4.69, 9.17) is 5.73 Å². The zero-order valence-electron chi connectivity index (χ0n) is 11.4. The number of carbonyl (C=O) groups is 1. The number of hydrogen-bond acceptors (Lipinski definition) is 3. The van der Waals surface area contributed by atoms with Crippen LogP contribution < -0.4 is 11.1 Å². The summed E-state index contributed by atoms with van der Waals surface area (Å²) >= 11 is 0. The third-order valence-electron chi connectivity index (χ3n) is 4.14. The van der Waals surface area contributed by atoms with Gasteiger partial charge in [-0.15, -0.1) is 0 Å². The van der Waals surface area contributed by atoms with Gasteiger partial charge in [-0.3, -0.25) is 9.00 Å².